The van der Waals surface area contributed by atoms with E-state index in [2.05, 4.69) is 40.4 Å². The van der Waals surface area contributed by atoms with Crippen LogP contribution in [-0.4, -0.2) is 48.3 Å². The van der Waals surface area contributed by atoms with Crippen LogP contribution in [0.2, 0.25) is 0 Å². The van der Waals surface area contributed by atoms with Crippen LogP contribution in [0.25, 0.3) is 10.8 Å². The number of anilines is 2. The Morgan fingerprint density at radius 3 is 2.75 bits per heavy atom. The van der Waals surface area contributed by atoms with Gasteiger partial charge >= 0.3 is 0 Å². The molecule has 0 spiro atoms. The zero-order valence-electron chi connectivity index (χ0n) is 18.2. The number of nitrogens with two attached hydrogens (primary N) is 1. The van der Waals surface area contributed by atoms with Crippen LogP contribution in [0.1, 0.15) is 31.4 Å². The molecule has 6 heteroatoms. The van der Waals surface area contributed by atoms with Crippen LogP contribution < -0.4 is 15.8 Å². The SMILES string of the molecule is C.CN1CCC(COc2ccc(NCc3ccc4c(N)nccc4c3)cc2CCO)CC1. The van der Waals surface area contributed by atoms with Gasteiger partial charge in [-0.25, -0.2) is 4.98 Å². The molecule has 32 heavy (non-hydrogen) atoms. The molecule has 1 aliphatic heterocycles. The second kappa shape index (κ2) is 11.2. The minimum absolute atomic E-state index is 0. The lowest BCUT2D eigenvalue weighted by atomic mass is 9.98. The summed E-state index contributed by atoms with van der Waals surface area (Å²) in [6.45, 7) is 3.82. The number of nitrogens with one attached hydrogen (secondary N) is 1. The third kappa shape index (κ3) is 5.90. The topological polar surface area (TPSA) is 83.6 Å². The van der Waals surface area contributed by atoms with Crippen molar-refractivity contribution in [1.29, 1.82) is 0 Å². The highest BCUT2D eigenvalue weighted by molar-refractivity contribution is 5.91. The highest BCUT2D eigenvalue weighted by atomic mass is 16.5. The summed E-state index contributed by atoms with van der Waals surface area (Å²) in [5.74, 6) is 2.04. The summed E-state index contributed by atoms with van der Waals surface area (Å²) in [6.07, 6.45) is 4.68. The summed E-state index contributed by atoms with van der Waals surface area (Å²) >= 11 is 0. The predicted molar refractivity (Wildman–Crippen MR) is 133 cm³/mol. The molecule has 6 nitrogen and oxygen atoms in total. The van der Waals surface area contributed by atoms with Gasteiger partial charge in [-0.2, -0.15) is 0 Å². The molecule has 0 aliphatic carbocycles. The van der Waals surface area contributed by atoms with Crippen LogP contribution in [0, 0.1) is 5.92 Å². The standard InChI is InChI=1S/C25H32N4O2.CH4/c1-29-11-7-18(8-12-29)17-31-24-5-3-22(15-21(24)9-13-30)28-16-19-2-4-23-20(14-19)6-10-27-25(23)26;/h2-6,10,14-15,18,28,30H,7-9,11-13,16-17H2,1H3,(H2,26,27);1H4. The summed E-state index contributed by atoms with van der Waals surface area (Å²) in [7, 11) is 2.17. The van der Waals surface area contributed by atoms with Gasteiger partial charge in [0.15, 0.2) is 0 Å². The molecule has 2 heterocycles. The van der Waals surface area contributed by atoms with Crippen LogP contribution in [0.4, 0.5) is 11.5 Å². The number of rotatable bonds is 8. The molecule has 0 amide bonds. The highest BCUT2D eigenvalue weighted by Crippen LogP contribution is 2.26. The Labute approximate surface area is 191 Å². The Kier molecular flexibility index (Phi) is 8.31. The number of ether oxygens (including phenoxy) is 1. The first kappa shape index (κ1) is 23.8. The molecule has 3 aromatic rings. The lowest BCUT2D eigenvalue weighted by Crippen LogP contribution is -2.32. The first-order valence-corrected chi connectivity index (χ1v) is 11.0. The van der Waals surface area contributed by atoms with Crippen molar-refractivity contribution in [3.05, 3.63) is 59.8 Å². The second-order valence-corrected chi connectivity index (χ2v) is 8.46. The van der Waals surface area contributed by atoms with Crippen molar-refractivity contribution in [2.75, 3.05) is 44.4 Å². The highest BCUT2D eigenvalue weighted by Gasteiger charge is 2.18. The van der Waals surface area contributed by atoms with Crippen molar-refractivity contribution in [3.8, 4) is 5.75 Å². The number of nitrogens with zero attached hydrogens (tertiary/aromatic N) is 2. The molecular formula is C26H36N4O2. The van der Waals surface area contributed by atoms with Gasteiger partial charge in [0.25, 0.3) is 0 Å². The number of pyridine rings is 1. The van der Waals surface area contributed by atoms with Crippen molar-refractivity contribution in [3.63, 3.8) is 0 Å². The Balaban J connectivity index is 0.00000289. The van der Waals surface area contributed by atoms with Crippen LogP contribution in [0.3, 0.4) is 0 Å². The smallest absolute Gasteiger partial charge is 0.131 e. The van der Waals surface area contributed by atoms with E-state index in [4.69, 9.17) is 10.5 Å². The van der Waals surface area contributed by atoms with E-state index in [1.165, 1.54) is 18.4 Å². The predicted octanol–water partition coefficient (Wildman–Crippen LogP) is 4.32. The molecule has 4 rings (SSSR count). The molecule has 0 unspecified atom stereocenters. The molecule has 1 fully saturated rings. The summed E-state index contributed by atoms with van der Waals surface area (Å²) in [5.41, 5.74) is 9.18. The number of benzene rings is 2. The van der Waals surface area contributed by atoms with Gasteiger partial charge in [-0.1, -0.05) is 19.6 Å². The average molecular weight is 437 g/mol. The Morgan fingerprint density at radius 2 is 1.97 bits per heavy atom. The number of likely N-dealkylation sites (tertiary alicyclic amines) is 1. The quantitative estimate of drug-likeness (QED) is 0.488. The summed E-state index contributed by atoms with van der Waals surface area (Å²) < 4.78 is 6.17. The van der Waals surface area contributed by atoms with E-state index in [1.807, 2.05) is 24.3 Å². The zero-order chi connectivity index (χ0) is 21.6. The fourth-order valence-electron chi connectivity index (χ4n) is 4.15. The van der Waals surface area contributed by atoms with Gasteiger partial charge in [-0.3, -0.25) is 0 Å². The number of piperidine rings is 1. The summed E-state index contributed by atoms with van der Waals surface area (Å²) in [6, 6.07) is 14.4. The fourth-order valence-corrected chi connectivity index (χ4v) is 4.15. The zero-order valence-corrected chi connectivity index (χ0v) is 18.2. The molecule has 2 aromatic carbocycles. The third-order valence-corrected chi connectivity index (χ3v) is 6.11. The van der Waals surface area contributed by atoms with Gasteiger partial charge in [0.05, 0.1) is 6.61 Å². The molecule has 4 N–H and O–H groups in total. The Morgan fingerprint density at radius 1 is 1.16 bits per heavy atom. The van der Waals surface area contributed by atoms with Crippen molar-refractivity contribution < 1.29 is 9.84 Å². The average Bonchev–Trinajstić information content (AvgIpc) is 2.78. The van der Waals surface area contributed by atoms with Crippen LogP contribution >= 0.6 is 0 Å². The molecule has 0 bridgehead atoms. The minimum atomic E-state index is 0. The lowest BCUT2D eigenvalue weighted by molar-refractivity contribution is 0.159. The Bertz CT molecular complexity index is 1020. The van der Waals surface area contributed by atoms with Crippen molar-refractivity contribution >= 4 is 22.3 Å². The normalized spacial score (nSPS) is 14.8. The molecule has 172 valence electrons. The summed E-state index contributed by atoms with van der Waals surface area (Å²) in [5, 5.41) is 15.1. The second-order valence-electron chi connectivity index (χ2n) is 8.46. The van der Waals surface area contributed by atoms with E-state index in [0.717, 1.165) is 47.5 Å². The van der Waals surface area contributed by atoms with Gasteiger partial charge in [0.1, 0.15) is 11.6 Å². The van der Waals surface area contributed by atoms with Gasteiger partial charge in [0.2, 0.25) is 0 Å². The van der Waals surface area contributed by atoms with Crippen LogP contribution in [0.5, 0.6) is 5.75 Å². The van der Waals surface area contributed by atoms with Crippen LogP contribution in [-0.2, 0) is 13.0 Å². The van der Waals surface area contributed by atoms with Crippen molar-refractivity contribution in [1.82, 2.24) is 9.88 Å². The van der Waals surface area contributed by atoms with E-state index in [0.29, 0.717) is 24.7 Å². The molecule has 0 radical (unpaired) electrons. The maximum Gasteiger partial charge on any atom is 0.131 e. The Hall–Kier alpha value is -2.83. The fraction of sp³-hybridized carbons (Fsp3) is 0.423. The first-order valence-electron chi connectivity index (χ1n) is 11.0. The molecule has 1 saturated heterocycles. The third-order valence-electron chi connectivity index (χ3n) is 6.11. The largest absolute Gasteiger partial charge is 0.493 e. The maximum atomic E-state index is 9.52. The van der Waals surface area contributed by atoms with E-state index in [9.17, 15) is 5.11 Å². The van der Waals surface area contributed by atoms with E-state index in [1.54, 1.807) is 6.20 Å². The number of aromatic nitrogens is 1. The van der Waals surface area contributed by atoms with E-state index < -0.39 is 0 Å². The van der Waals surface area contributed by atoms with E-state index in [-0.39, 0.29) is 14.0 Å². The number of aliphatic hydroxyl groups is 1. The number of nitrogen functional groups attached to an aromatic ring is 1. The van der Waals surface area contributed by atoms with E-state index >= 15 is 0 Å². The number of fused-ring (bicyclic) bond motifs is 1. The van der Waals surface area contributed by atoms with Crippen molar-refractivity contribution in [2.45, 2.75) is 33.2 Å². The first-order chi connectivity index (χ1) is 15.1. The number of aliphatic hydroxyl groups excluding tert-OH is 1. The minimum Gasteiger partial charge on any atom is -0.493 e. The van der Waals surface area contributed by atoms with Gasteiger partial charge in [-0.05, 0) is 92.2 Å². The van der Waals surface area contributed by atoms with Crippen LogP contribution in [0.15, 0.2) is 48.7 Å². The molecule has 1 aliphatic rings. The van der Waals surface area contributed by atoms with Gasteiger partial charge in [0, 0.05) is 30.4 Å². The molecule has 0 saturated carbocycles. The van der Waals surface area contributed by atoms with Gasteiger partial charge < -0.3 is 25.8 Å². The van der Waals surface area contributed by atoms with Gasteiger partial charge in [-0.15, -0.1) is 0 Å². The monoisotopic (exact) mass is 436 g/mol. The molecule has 0 atom stereocenters. The molecular weight excluding hydrogens is 400 g/mol. The maximum absolute atomic E-state index is 9.52. The lowest BCUT2D eigenvalue weighted by Gasteiger charge is -2.29. The summed E-state index contributed by atoms with van der Waals surface area (Å²) in [4.78, 5) is 6.51. The molecule has 1 aromatic heterocycles. The number of hydrogen-bond acceptors (Lipinski definition) is 6. The van der Waals surface area contributed by atoms with Crippen molar-refractivity contribution in [2.24, 2.45) is 5.92 Å². The number of hydrogen-bond donors (Lipinski definition) is 3.